The van der Waals surface area contributed by atoms with Crippen LogP contribution >= 0.6 is 0 Å². The van der Waals surface area contributed by atoms with Crippen molar-refractivity contribution in [3.63, 3.8) is 0 Å². The third-order valence-electron chi connectivity index (χ3n) is 11.4. The molecule has 280 valence electrons. The van der Waals surface area contributed by atoms with E-state index in [0.29, 0.717) is 23.0 Å². The minimum Gasteiger partial charge on any atom is -0.371 e. The maximum Gasteiger partial charge on any atom is 0.262 e. The molecule has 0 spiro atoms. The Labute approximate surface area is 317 Å². The van der Waals surface area contributed by atoms with Gasteiger partial charge in [-0.3, -0.25) is 34.3 Å². The number of nitrogens with zero attached hydrogens (tertiary/aromatic N) is 7. The van der Waals surface area contributed by atoms with Crippen LogP contribution in [-0.4, -0.2) is 85.4 Å². The molecule has 0 saturated carbocycles. The molecule has 4 aliphatic heterocycles. The maximum atomic E-state index is 13.4. The van der Waals surface area contributed by atoms with Crippen molar-refractivity contribution < 1.29 is 19.2 Å². The number of nitrogens with one attached hydrogen (secondary N) is 3. The average molecular weight is 739 g/mol. The molecule has 2 atom stereocenters. The molecular weight excluding hydrogens is 697 g/mol. The van der Waals surface area contributed by atoms with E-state index in [4.69, 9.17) is 10.1 Å². The molecule has 0 radical (unpaired) electrons. The van der Waals surface area contributed by atoms with Crippen molar-refractivity contribution in [2.75, 3.05) is 41.7 Å². The molecule has 2 saturated heterocycles. The van der Waals surface area contributed by atoms with Crippen molar-refractivity contribution in [2.24, 2.45) is 13.0 Å². The summed E-state index contributed by atoms with van der Waals surface area (Å²) in [6, 6.07) is 17.1. The number of imide groups is 2. The number of hydrogen-bond donors (Lipinski definition) is 3. The first kappa shape index (κ1) is 34.6. The summed E-state index contributed by atoms with van der Waals surface area (Å²) in [5.41, 5.74) is 9.14. The molecular formula is C41H42N10O4. The topological polar surface area (TPSA) is 158 Å². The summed E-state index contributed by atoms with van der Waals surface area (Å²) >= 11 is 0. The van der Waals surface area contributed by atoms with Crippen molar-refractivity contribution in [2.45, 2.75) is 52.1 Å². The quantitative estimate of drug-likeness (QED) is 0.189. The summed E-state index contributed by atoms with van der Waals surface area (Å²) < 4.78 is 1.77. The number of anilines is 5. The second kappa shape index (κ2) is 13.6. The van der Waals surface area contributed by atoms with E-state index in [9.17, 15) is 19.2 Å². The van der Waals surface area contributed by atoms with Crippen LogP contribution in [0.2, 0.25) is 0 Å². The number of carbonyl (C=O) groups is 4. The summed E-state index contributed by atoms with van der Waals surface area (Å²) in [4.78, 5) is 66.0. The van der Waals surface area contributed by atoms with Crippen molar-refractivity contribution in [1.82, 2.24) is 34.9 Å². The zero-order valence-corrected chi connectivity index (χ0v) is 31.1. The number of piperidine rings is 1. The number of carbonyl (C=O) groups excluding carboxylic acids is 4. The summed E-state index contributed by atoms with van der Waals surface area (Å²) in [5, 5.41) is 14.7. The predicted octanol–water partition coefficient (Wildman–Crippen LogP) is 4.75. The molecule has 5 aromatic rings. The number of aryl methyl sites for hydroxylation is 3. The van der Waals surface area contributed by atoms with Gasteiger partial charge in [-0.25, -0.2) is 9.67 Å². The number of hydrogen-bond acceptors (Lipinski definition) is 11. The second-order valence-corrected chi connectivity index (χ2v) is 15.2. The molecule has 9 rings (SSSR count). The van der Waals surface area contributed by atoms with Crippen LogP contribution in [-0.2, 0) is 29.6 Å². The van der Waals surface area contributed by atoms with Crippen LogP contribution in [0, 0.1) is 19.8 Å². The third-order valence-corrected chi connectivity index (χ3v) is 11.4. The van der Waals surface area contributed by atoms with E-state index in [1.54, 1.807) is 16.8 Å². The Morgan fingerprint density at radius 1 is 0.873 bits per heavy atom. The van der Waals surface area contributed by atoms with Gasteiger partial charge in [0.1, 0.15) is 6.04 Å². The Balaban J connectivity index is 0.835. The maximum absolute atomic E-state index is 13.4. The number of fused-ring (bicyclic) bond motifs is 3. The molecule has 4 amide bonds. The first-order valence-corrected chi connectivity index (χ1v) is 18.8. The molecule has 3 N–H and O–H groups in total. The Kier molecular flexibility index (Phi) is 8.56. The van der Waals surface area contributed by atoms with E-state index in [2.05, 4.69) is 74.9 Å². The molecule has 14 heteroatoms. The number of rotatable bonds is 8. The Morgan fingerprint density at radius 2 is 1.69 bits per heavy atom. The van der Waals surface area contributed by atoms with E-state index in [-0.39, 0.29) is 18.7 Å². The minimum atomic E-state index is -0.971. The molecule has 4 aliphatic rings. The lowest BCUT2D eigenvalue weighted by molar-refractivity contribution is -0.136. The fraction of sp³-hybridized carbons (Fsp3) is 0.341. The van der Waals surface area contributed by atoms with Gasteiger partial charge in [-0.2, -0.15) is 10.1 Å². The zero-order chi connectivity index (χ0) is 38.0. The van der Waals surface area contributed by atoms with Gasteiger partial charge in [0.25, 0.3) is 11.8 Å². The Hall–Kier alpha value is -6.15. The van der Waals surface area contributed by atoms with Gasteiger partial charge >= 0.3 is 0 Å². The lowest BCUT2D eigenvalue weighted by Gasteiger charge is -2.31. The standard InChI is InChI=1S/C41H42N10O4/c1-23-5-4-6-24(2)35(23)45-36-32-19-42-41(46-37(32)48(3)47-36)43-28-8-7-26-14-15-49(22-27(26)17-28)20-25-13-16-50(21-25)29-9-10-30-31(18-29)40(55)51(39(30)54)33-11-12-34(52)44-38(33)53/h4-10,17-19,25,33H,11-16,20-22H2,1-3H3,(H,45,47)(H,42,43,46)(H,44,52,53)/t25-,33?/m0/s1. The van der Waals surface area contributed by atoms with Gasteiger partial charge in [-0.1, -0.05) is 24.3 Å². The van der Waals surface area contributed by atoms with Gasteiger partial charge in [0, 0.05) is 69.5 Å². The van der Waals surface area contributed by atoms with E-state index < -0.39 is 23.8 Å². The van der Waals surface area contributed by atoms with Crippen LogP contribution in [0.1, 0.15) is 62.2 Å². The highest BCUT2D eigenvalue weighted by Gasteiger charge is 2.45. The Morgan fingerprint density at radius 3 is 2.51 bits per heavy atom. The fourth-order valence-corrected chi connectivity index (χ4v) is 8.54. The van der Waals surface area contributed by atoms with E-state index >= 15 is 0 Å². The van der Waals surface area contributed by atoms with E-state index in [1.165, 1.54) is 11.1 Å². The van der Waals surface area contributed by atoms with Gasteiger partial charge in [0.15, 0.2) is 11.5 Å². The zero-order valence-electron chi connectivity index (χ0n) is 31.1. The van der Waals surface area contributed by atoms with Crippen LogP contribution < -0.4 is 20.9 Å². The number of amides is 4. The summed E-state index contributed by atoms with van der Waals surface area (Å²) in [6.07, 6.45) is 4.05. The minimum absolute atomic E-state index is 0.0951. The second-order valence-electron chi connectivity index (χ2n) is 15.2. The molecule has 2 fully saturated rings. The summed E-state index contributed by atoms with van der Waals surface area (Å²) in [7, 11) is 1.89. The molecule has 6 heterocycles. The fourth-order valence-electron chi connectivity index (χ4n) is 8.54. The largest absolute Gasteiger partial charge is 0.371 e. The lowest BCUT2D eigenvalue weighted by atomic mass is 9.97. The third kappa shape index (κ3) is 6.35. The monoisotopic (exact) mass is 738 g/mol. The smallest absolute Gasteiger partial charge is 0.262 e. The predicted molar refractivity (Wildman–Crippen MR) is 208 cm³/mol. The van der Waals surface area contributed by atoms with Crippen molar-refractivity contribution in [3.8, 4) is 0 Å². The van der Waals surface area contributed by atoms with Gasteiger partial charge in [-0.15, -0.1) is 0 Å². The highest BCUT2D eigenvalue weighted by atomic mass is 16.2. The molecule has 2 aromatic heterocycles. The number of para-hydroxylation sites is 1. The molecule has 0 bridgehead atoms. The Bertz CT molecular complexity index is 2400. The van der Waals surface area contributed by atoms with Gasteiger partial charge in [0.05, 0.1) is 16.5 Å². The number of aromatic nitrogens is 4. The number of benzene rings is 3. The van der Waals surface area contributed by atoms with Crippen LogP contribution in [0.15, 0.2) is 60.8 Å². The molecule has 1 unspecified atom stereocenters. The normalized spacial score (nSPS) is 19.9. The van der Waals surface area contributed by atoms with Crippen molar-refractivity contribution in [1.29, 1.82) is 0 Å². The van der Waals surface area contributed by atoms with Gasteiger partial charge in [-0.05, 0) is 91.6 Å². The van der Waals surface area contributed by atoms with Crippen LogP contribution in [0.25, 0.3) is 11.0 Å². The highest BCUT2D eigenvalue weighted by molar-refractivity contribution is 6.23. The van der Waals surface area contributed by atoms with Crippen LogP contribution in [0.5, 0.6) is 0 Å². The van der Waals surface area contributed by atoms with Crippen molar-refractivity contribution >= 4 is 63.5 Å². The van der Waals surface area contributed by atoms with Crippen LogP contribution in [0.3, 0.4) is 0 Å². The molecule has 55 heavy (non-hydrogen) atoms. The van der Waals surface area contributed by atoms with Crippen molar-refractivity contribution in [3.05, 3.63) is 94.2 Å². The lowest BCUT2D eigenvalue weighted by Crippen LogP contribution is -2.54. The summed E-state index contributed by atoms with van der Waals surface area (Å²) in [6.45, 7) is 8.65. The first-order chi connectivity index (χ1) is 26.6. The highest BCUT2D eigenvalue weighted by Crippen LogP contribution is 2.34. The van der Waals surface area contributed by atoms with E-state index in [0.717, 1.165) is 95.5 Å². The van der Waals surface area contributed by atoms with Gasteiger partial charge in [0.2, 0.25) is 17.8 Å². The molecule has 14 nitrogen and oxygen atoms in total. The molecule has 0 aliphatic carbocycles. The van der Waals surface area contributed by atoms with E-state index in [1.807, 2.05) is 25.4 Å². The molecule has 3 aromatic carbocycles. The average Bonchev–Trinajstić information content (AvgIpc) is 3.83. The first-order valence-electron chi connectivity index (χ1n) is 18.8. The summed E-state index contributed by atoms with van der Waals surface area (Å²) in [5.74, 6) is -0.279. The SMILES string of the molecule is Cc1cccc(C)c1Nc1nn(C)c2nc(Nc3ccc4c(c3)CN(C[C@@H]3CCN(c5ccc6c(c5)C(=O)N(C5CCC(=O)NC5=O)C6=O)C3)CC4)ncc12. The van der Waals surface area contributed by atoms with Crippen LogP contribution in [0.4, 0.5) is 28.8 Å². The van der Waals surface area contributed by atoms with Gasteiger partial charge < -0.3 is 15.5 Å².